The average molecular weight is 260 g/mol. The van der Waals surface area contributed by atoms with Crippen LogP contribution in [0.2, 0.25) is 0 Å². The first-order chi connectivity index (χ1) is 8.83. The SMILES string of the molecule is CCC(CS)OCCc1ccc2ccccc2c1. The zero-order chi connectivity index (χ0) is 12.8. The van der Waals surface area contributed by atoms with E-state index >= 15 is 0 Å². The number of hydrogen-bond acceptors (Lipinski definition) is 2. The molecule has 2 heteroatoms. The second-order valence-electron chi connectivity index (χ2n) is 4.52. The third kappa shape index (κ3) is 3.50. The molecule has 0 aliphatic rings. The van der Waals surface area contributed by atoms with E-state index in [9.17, 15) is 0 Å². The van der Waals surface area contributed by atoms with Gasteiger partial charge in [-0.3, -0.25) is 0 Å². The fourth-order valence-electron chi connectivity index (χ4n) is 2.04. The van der Waals surface area contributed by atoms with Crippen molar-refractivity contribution in [1.29, 1.82) is 0 Å². The lowest BCUT2D eigenvalue weighted by atomic mass is 10.1. The third-order valence-electron chi connectivity index (χ3n) is 3.22. The van der Waals surface area contributed by atoms with E-state index in [2.05, 4.69) is 62.0 Å². The molecule has 0 saturated carbocycles. The predicted octanol–water partition coefficient (Wildman–Crippen LogP) is 4.11. The van der Waals surface area contributed by atoms with Crippen molar-refractivity contribution in [3.8, 4) is 0 Å². The van der Waals surface area contributed by atoms with Crippen LogP contribution in [0.1, 0.15) is 18.9 Å². The van der Waals surface area contributed by atoms with Crippen LogP contribution in [0.5, 0.6) is 0 Å². The first-order valence-electron chi connectivity index (χ1n) is 6.53. The Balaban J connectivity index is 1.95. The predicted molar refractivity (Wildman–Crippen MR) is 81.5 cm³/mol. The number of thiol groups is 1. The van der Waals surface area contributed by atoms with Crippen molar-refractivity contribution in [2.45, 2.75) is 25.9 Å². The van der Waals surface area contributed by atoms with Gasteiger partial charge in [0.05, 0.1) is 12.7 Å². The Morgan fingerprint density at radius 2 is 1.89 bits per heavy atom. The average Bonchev–Trinajstić information content (AvgIpc) is 2.43. The quantitative estimate of drug-likeness (QED) is 0.769. The van der Waals surface area contributed by atoms with Gasteiger partial charge in [0.2, 0.25) is 0 Å². The monoisotopic (exact) mass is 260 g/mol. The summed E-state index contributed by atoms with van der Waals surface area (Å²) in [6, 6.07) is 15.1. The molecule has 1 nitrogen and oxygen atoms in total. The highest BCUT2D eigenvalue weighted by atomic mass is 32.1. The summed E-state index contributed by atoms with van der Waals surface area (Å²) < 4.78 is 5.78. The largest absolute Gasteiger partial charge is 0.377 e. The van der Waals surface area contributed by atoms with Crippen LogP contribution >= 0.6 is 12.6 Å². The van der Waals surface area contributed by atoms with Crippen LogP contribution in [-0.2, 0) is 11.2 Å². The number of ether oxygens (including phenoxy) is 1. The van der Waals surface area contributed by atoms with Crippen molar-refractivity contribution in [2.75, 3.05) is 12.4 Å². The maximum Gasteiger partial charge on any atom is 0.0660 e. The Morgan fingerprint density at radius 3 is 2.61 bits per heavy atom. The molecule has 2 aromatic carbocycles. The molecule has 0 amide bonds. The molecule has 0 spiro atoms. The number of fused-ring (bicyclic) bond motifs is 1. The van der Waals surface area contributed by atoms with Gasteiger partial charge in [-0.25, -0.2) is 0 Å². The summed E-state index contributed by atoms with van der Waals surface area (Å²) in [6.07, 6.45) is 2.28. The summed E-state index contributed by atoms with van der Waals surface area (Å²) in [6.45, 7) is 2.91. The van der Waals surface area contributed by atoms with Crippen molar-refractivity contribution < 1.29 is 4.74 Å². The van der Waals surface area contributed by atoms with Gasteiger partial charge in [-0.05, 0) is 29.2 Å². The summed E-state index contributed by atoms with van der Waals surface area (Å²) in [5.41, 5.74) is 1.34. The summed E-state index contributed by atoms with van der Waals surface area (Å²) in [7, 11) is 0. The highest BCUT2D eigenvalue weighted by Crippen LogP contribution is 2.16. The van der Waals surface area contributed by atoms with E-state index in [1.54, 1.807) is 0 Å². The van der Waals surface area contributed by atoms with Crippen LogP contribution in [0, 0.1) is 0 Å². The van der Waals surface area contributed by atoms with Crippen molar-refractivity contribution in [2.24, 2.45) is 0 Å². The van der Waals surface area contributed by atoms with Crippen LogP contribution in [-0.4, -0.2) is 18.5 Å². The molecule has 0 heterocycles. The molecule has 0 aliphatic carbocycles. The zero-order valence-electron chi connectivity index (χ0n) is 10.8. The van der Waals surface area contributed by atoms with E-state index in [4.69, 9.17) is 4.74 Å². The maximum atomic E-state index is 5.78. The second kappa shape index (κ2) is 6.81. The summed E-state index contributed by atoms with van der Waals surface area (Å²) in [5.74, 6) is 0.800. The molecule has 1 atom stereocenters. The Kier molecular flexibility index (Phi) is 5.09. The molecule has 0 saturated heterocycles. The fraction of sp³-hybridized carbons (Fsp3) is 0.375. The normalized spacial score (nSPS) is 12.8. The second-order valence-corrected chi connectivity index (χ2v) is 4.88. The van der Waals surface area contributed by atoms with Gasteiger partial charge in [-0.2, -0.15) is 12.6 Å². The summed E-state index contributed by atoms with van der Waals surface area (Å²) in [4.78, 5) is 0. The molecule has 2 rings (SSSR count). The van der Waals surface area contributed by atoms with Crippen LogP contribution in [0.4, 0.5) is 0 Å². The number of benzene rings is 2. The Morgan fingerprint density at radius 1 is 1.11 bits per heavy atom. The minimum atomic E-state index is 0.286. The number of hydrogen-bond donors (Lipinski definition) is 1. The van der Waals surface area contributed by atoms with Gasteiger partial charge in [0.15, 0.2) is 0 Å². The molecule has 18 heavy (non-hydrogen) atoms. The van der Waals surface area contributed by atoms with Gasteiger partial charge in [0, 0.05) is 5.75 Å². The maximum absolute atomic E-state index is 5.78. The molecule has 0 fully saturated rings. The topological polar surface area (TPSA) is 9.23 Å². The standard InChI is InChI=1S/C16H20OS/c1-2-16(12-18)17-10-9-13-7-8-14-5-3-4-6-15(14)11-13/h3-8,11,16,18H,2,9-10,12H2,1H3. The van der Waals surface area contributed by atoms with E-state index < -0.39 is 0 Å². The summed E-state index contributed by atoms with van der Waals surface area (Å²) >= 11 is 4.28. The molecule has 96 valence electrons. The number of rotatable bonds is 6. The van der Waals surface area contributed by atoms with E-state index in [0.29, 0.717) is 0 Å². The molecule has 0 N–H and O–H groups in total. The Hall–Kier alpha value is -0.990. The molecular weight excluding hydrogens is 240 g/mol. The molecular formula is C16H20OS. The van der Waals surface area contributed by atoms with Gasteiger partial charge in [-0.15, -0.1) is 0 Å². The lowest BCUT2D eigenvalue weighted by Crippen LogP contribution is -2.15. The third-order valence-corrected chi connectivity index (χ3v) is 3.62. The lowest BCUT2D eigenvalue weighted by molar-refractivity contribution is 0.0694. The van der Waals surface area contributed by atoms with E-state index in [0.717, 1.165) is 25.2 Å². The Bertz CT molecular complexity index is 491. The van der Waals surface area contributed by atoms with Gasteiger partial charge in [0.1, 0.15) is 0 Å². The van der Waals surface area contributed by atoms with Gasteiger partial charge < -0.3 is 4.74 Å². The van der Waals surface area contributed by atoms with Crippen LogP contribution in [0.25, 0.3) is 10.8 Å². The van der Waals surface area contributed by atoms with Crippen molar-refractivity contribution >= 4 is 23.4 Å². The van der Waals surface area contributed by atoms with Crippen LogP contribution < -0.4 is 0 Å². The molecule has 0 radical (unpaired) electrons. The first-order valence-corrected chi connectivity index (χ1v) is 7.17. The van der Waals surface area contributed by atoms with E-state index in [-0.39, 0.29) is 6.10 Å². The molecule has 0 aromatic heterocycles. The van der Waals surface area contributed by atoms with E-state index in [1.807, 2.05) is 0 Å². The minimum absolute atomic E-state index is 0.286. The van der Waals surface area contributed by atoms with Gasteiger partial charge in [0.25, 0.3) is 0 Å². The fourth-order valence-corrected chi connectivity index (χ4v) is 2.40. The molecule has 1 unspecified atom stereocenters. The Labute approximate surface area is 115 Å². The highest BCUT2D eigenvalue weighted by molar-refractivity contribution is 7.80. The van der Waals surface area contributed by atoms with Crippen molar-refractivity contribution in [3.63, 3.8) is 0 Å². The zero-order valence-corrected chi connectivity index (χ0v) is 11.7. The van der Waals surface area contributed by atoms with Crippen molar-refractivity contribution in [3.05, 3.63) is 48.0 Å². The molecule has 2 aromatic rings. The lowest BCUT2D eigenvalue weighted by Gasteiger charge is -2.13. The van der Waals surface area contributed by atoms with Crippen LogP contribution in [0.15, 0.2) is 42.5 Å². The van der Waals surface area contributed by atoms with E-state index in [1.165, 1.54) is 16.3 Å². The summed E-state index contributed by atoms with van der Waals surface area (Å²) in [5, 5.41) is 2.60. The smallest absolute Gasteiger partial charge is 0.0660 e. The van der Waals surface area contributed by atoms with Gasteiger partial charge >= 0.3 is 0 Å². The van der Waals surface area contributed by atoms with Crippen LogP contribution in [0.3, 0.4) is 0 Å². The first kappa shape index (κ1) is 13.4. The minimum Gasteiger partial charge on any atom is -0.377 e. The van der Waals surface area contributed by atoms with Gasteiger partial charge in [-0.1, -0.05) is 49.4 Å². The molecule has 0 aliphatic heterocycles. The van der Waals surface area contributed by atoms with Crippen molar-refractivity contribution in [1.82, 2.24) is 0 Å². The highest BCUT2D eigenvalue weighted by Gasteiger charge is 2.03. The molecule has 0 bridgehead atoms.